The van der Waals surface area contributed by atoms with E-state index in [-0.39, 0.29) is 17.9 Å². The molecule has 6 heteroatoms. The van der Waals surface area contributed by atoms with Gasteiger partial charge in [-0.25, -0.2) is 0 Å². The maximum Gasteiger partial charge on any atom is 0.254 e. The van der Waals surface area contributed by atoms with Crippen molar-refractivity contribution in [2.75, 3.05) is 19.6 Å². The average molecular weight is 291 g/mol. The number of likely N-dealkylation sites (tertiary alicyclic amines) is 1. The summed E-state index contributed by atoms with van der Waals surface area (Å²) in [6.07, 6.45) is 0.801. The van der Waals surface area contributed by atoms with Crippen molar-refractivity contribution in [1.29, 1.82) is 0 Å². The SMILES string of the molecule is CC(=O)NC1CCN(C(=O)c2csc(C#CCN)c2)C1. The fraction of sp³-hybridized carbons (Fsp3) is 0.429. The van der Waals surface area contributed by atoms with E-state index < -0.39 is 0 Å². The molecule has 1 aromatic heterocycles. The lowest BCUT2D eigenvalue weighted by atomic mass is 10.2. The van der Waals surface area contributed by atoms with Gasteiger partial charge in [0.1, 0.15) is 0 Å². The van der Waals surface area contributed by atoms with Crippen molar-refractivity contribution in [3.05, 3.63) is 21.9 Å². The molecule has 0 radical (unpaired) electrons. The topological polar surface area (TPSA) is 75.4 Å². The highest BCUT2D eigenvalue weighted by atomic mass is 32.1. The monoisotopic (exact) mass is 291 g/mol. The van der Waals surface area contributed by atoms with Gasteiger partial charge < -0.3 is 16.0 Å². The number of nitrogens with two attached hydrogens (primary N) is 1. The van der Waals surface area contributed by atoms with Gasteiger partial charge in [0, 0.05) is 31.4 Å². The van der Waals surface area contributed by atoms with Crippen LogP contribution in [-0.4, -0.2) is 42.4 Å². The number of rotatable bonds is 2. The fourth-order valence-electron chi connectivity index (χ4n) is 2.18. The molecule has 0 saturated carbocycles. The Morgan fingerprint density at radius 1 is 1.60 bits per heavy atom. The molecule has 1 saturated heterocycles. The fourth-order valence-corrected chi connectivity index (χ4v) is 2.93. The van der Waals surface area contributed by atoms with Crippen LogP contribution in [0.3, 0.4) is 0 Å². The Morgan fingerprint density at radius 2 is 2.40 bits per heavy atom. The maximum absolute atomic E-state index is 12.3. The molecular formula is C14H17N3O2S. The van der Waals surface area contributed by atoms with Crippen molar-refractivity contribution in [2.45, 2.75) is 19.4 Å². The molecule has 0 bridgehead atoms. The zero-order valence-corrected chi connectivity index (χ0v) is 12.1. The van der Waals surface area contributed by atoms with E-state index in [0.29, 0.717) is 25.2 Å². The first-order valence-electron chi connectivity index (χ1n) is 6.44. The molecule has 1 atom stereocenters. The minimum Gasteiger partial charge on any atom is -0.352 e. The smallest absolute Gasteiger partial charge is 0.254 e. The van der Waals surface area contributed by atoms with E-state index in [1.165, 1.54) is 18.3 Å². The predicted molar refractivity (Wildman–Crippen MR) is 78.4 cm³/mol. The number of amides is 2. The summed E-state index contributed by atoms with van der Waals surface area (Å²) in [4.78, 5) is 25.9. The van der Waals surface area contributed by atoms with E-state index in [1.807, 2.05) is 5.38 Å². The van der Waals surface area contributed by atoms with Crippen molar-refractivity contribution in [3.63, 3.8) is 0 Å². The molecule has 3 N–H and O–H groups in total. The molecule has 2 amide bonds. The molecule has 0 aromatic carbocycles. The largest absolute Gasteiger partial charge is 0.352 e. The highest BCUT2D eigenvalue weighted by Crippen LogP contribution is 2.18. The van der Waals surface area contributed by atoms with Gasteiger partial charge in [-0.15, -0.1) is 11.3 Å². The number of carbonyl (C=O) groups excluding carboxylic acids is 2. The molecular weight excluding hydrogens is 274 g/mol. The van der Waals surface area contributed by atoms with E-state index in [0.717, 1.165) is 11.3 Å². The molecule has 1 aliphatic heterocycles. The molecule has 106 valence electrons. The van der Waals surface area contributed by atoms with Gasteiger partial charge in [-0.3, -0.25) is 9.59 Å². The molecule has 5 nitrogen and oxygen atoms in total. The Balaban J connectivity index is 1.98. The van der Waals surface area contributed by atoms with Crippen molar-refractivity contribution in [1.82, 2.24) is 10.2 Å². The lowest BCUT2D eigenvalue weighted by Gasteiger charge is -2.15. The minimum absolute atomic E-state index is 0.00472. The van der Waals surface area contributed by atoms with Crippen LogP contribution in [0.15, 0.2) is 11.4 Å². The van der Waals surface area contributed by atoms with Gasteiger partial charge in [-0.1, -0.05) is 11.8 Å². The first-order valence-corrected chi connectivity index (χ1v) is 7.32. The van der Waals surface area contributed by atoms with Gasteiger partial charge in [-0.2, -0.15) is 0 Å². The van der Waals surface area contributed by atoms with Crippen LogP contribution >= 0.6 is 11.3 Å². The quantitative estimate of drug-likeness (QED) is 0.775. The zero-order valence-electron chi connectivity index (χ0n) is 11.3. The minimum atomic E-state index is -0.0563. The Hall–Kier alpha value is -1.84. The van der Waals surface area contributed by atoms with Gasteiger partial charge in [0.05, 0.1) is 17.0 Å². The molecule has 1 aliphatic rings. The zero-order chi connectivity index (χ0) is 14.5. The summed E-state index contributed by atoms with van der Waals surface area (Å²) < 4.78 is 0. The van der Waals surface area contributed by atoms with Crippen LogP contribution in [0, 0.1) is 11.8 Å². The third-order valence-electron chi connectivity index (χ3n) is 3.04. The van der Waals surface area contributed by atoms with Crippen LogP contribution in [0.2, 0.25) is 0 Å². The second kappa shape index (κ2) is 6.55. The van der Waals surface area contributed by atoms with Crippen LogP contribution in [0.5, 0.6) is 0 Å². The molecule has 0 spiro atoms. The highest BCUT2D eigenvalue weighted by molar-refractivity contribution is 7.10. The summed E-state index contributed by atoms with van der Waals surface area (Å²) in [7, 11) is 0. The maximum atomic E-state index is 12.3. The number of nitrogens with zero attached hydrogens (tertiary/aromatic N) is 1. The molecule has 2 rings (SSSR count). The first kappa shape index (κ1) is 14.6. The molecule has 1 fully saturated rings. The lowest BCUT2D eigenvalue weighted by Crippen LogP contribution is -2.37. The third-order valence-corrected chi connectivity index (χ3v) is 3.89. The summed E-state index contributed by atoms with van der Waals surface area (Å²) in [6, 6.07) is 1.85. The van der Waals surface area contributed by atoms with E-state index in [9.17, 15) is 9.59 Å². The highest BCUT2D eigenvalue weighted by Gasteiger charge is 2.27. The van der Waals surface area contributed by atoms with E-state index in [1.54, 1.807) is 11.0 Å². The number of hydrogen-bond donors (Lipinski definition) is 2. The number of thiophene rings is 1. The van der Waals surface area contributed by atoms with Crippen LogP contribution in [0.4, 0.5) is 0 Å². The predicted octanol–water partition coefficient (Wildman–Crippen LogP) is 0.409. The Bertz CT molecular complexity index is 570. The van der Waals surface area contributed by atoms with E-state index in [4.69, 9.17) is 5.73 Å². The van der Waals surface area contributed by atoms with Crippen molar-refractivity contribution < 1.29 is 9.59 Å². The van der Waals surface area contributed by atoms with Crippen LogP contribution in [-0.2, 0) is 4.79 Å². The van der Waals surface area contributed by atoms with Crippen LogP contribution in [0.1, 0.15) is 28.6 Å². The second-order valence-electron chi connectivity index (χ2n) is 4.64. The normalized spacial score (nSPS) is 17.5. The molecule has 1 aromatic rings. The van der Waals surface area contributed by atoms with Crippen LogP contribution in [0.25, 0.3) is 0 Å². The lowest BCUT2D eigenvalue weighted by molar-refractivity contribution is -0.119. The number of nitrogens with one attached hydrogen (secondary N) is 1. The molecule has 20 heavy (non-hydrogen) atoms. The Labute approximate surface area is 122 Å². The molecule has 0 aliphatic carbocycles. The summed E-state index contributed by atoms with van der Waals surface area (Å²) >= 11 is 1.44. The Morgan fingerprint density at radius 3 is 3.10 bits per heavy atom. The van der Waals surface area contributed by atoms with E-state index >= 15 is 0 Å². The van der Waals surface area contributed by atoms with Crippen molar-refractivity contribution in [2.24, 2.45) is 5.73 Å². The number of carbonyl (C=O) groups is 2. The standard InChI is InChI=1S/C14H17N3O2S/c1-10(18)16-12-4-6-17(8-12)14(19)11-7-13(20-9-11)3-2-5-15/h7,9,12H,4-6,8,15H2,1H3,(H,16,18). The Kier molecular flexibility index (Phi) is 4.77. The first-order chi connectivity index (χ1) is 9.60. The van der Waals surface area contributed by atoms with Gasteiger partial charge in [0.25, 0.3) is 5.91 Å². The second-order valence-corrected chi connectivity index (χ2v) is 5.55. The summed E-state index contributed by atoms with van der Waals surface area (Å²) in [5.74, 6) is 5.63. The van der Waals surface area contributed by atoms with Gasteiger partial charge in [0.15, 0.2) is 0 Å². The van der Waals surface area contributed by atoms with Crippen molar-refractivity contribution in [3.8, 4) is 11.8 Å². The summed E-state index contributed by atoms with van der Waals surface area (Å²) in [6.45, 7) is 3.04. The average Bonchev–Trinajstić information content (AvgIpc) is 3.04. The third kappa shape index (κ3) is 3.59. The van der Waals surface area contributed by atoms with Gasteiger partial charge in [-0.05, 0) is 12.5 Å². The van der Waals surface area contributed by atoms with E-state index in [2.05, 4.69) is 17.2 Å². The van der Waals surface area contributed by atoms with Gasteiger partial charge in [0.2, 0.25) is 5.91 Å². The summed E-state index contributed by atoms with van der Waals surface area (Å²) in [5.41, 5.74) is 5.97. The molecule has 1 unspecified atom stereocenters. The van der Waals surface area contributed by atoms with Gasteiger partial charge >= 0.3 is 0 Å². The molecule has 2 heterocycles. The summed E-state index contributed by atoms with van der Waals surface area (Å²) in [5, 5.41) is 4.66. The number of hydrogen-bond acceptors (Lipinski definition) is 4. The van der Waals surface area contributed by atoms with Crippen molar-refractivity contribution >= 4 is 23.2 Å². The van der Waals surface area contributed by atoms with Crippen LogP contribution < -0.4 is 11.1 Å².